The van der Waals surface area contributed by atoms with Gasteiger partial charge in [0.25, 0.3) is 0 Å². The average Bonchev–Trinajstić information content (AvgIpc) is 2.63. The standard InChI is InChI=1S/C23H24/c1-19(20-12-4-2-5-13-20)11-10-17-22-16-8-9-18-23(22)21-14-6-3-7-15-21/h2-9,12-16,18-19H,10-11,17H2,1H3. The van der Waals surface area contributed by atoms with E-state index in [2.05, 4.69) is 91.9 Å². The second-order valence-corrected chi connectivity index (χ2v) is 6.23. The Balaban J connectivity index is 1.65. The number of aryl methyl sites for hydroxylation is 1. The number of hydrogen-bond donors (Lipinski definition) is 0. The molecule has 0 heteroatoms. The highest BCUT2D eigenvalue weighted by molar-refractivity contribution is 5.67. The summed E-state index contributed by atoms with van der Waals surface area (Å²) in [6.45, 7) is 2.33. The van der Waals surface area contributed by atoms with Crippen molar-refractivity contribution in [3.8, 4) is 11.1 Å². The van der Waals surface area contributed by atoms with Crippen molar-refractivity contribution in [3.63, 3.8) is 0 Å². The lowest BCUT2D eigenvalue weighted by atomic mass is 9.92. The molecule has 3 aromatic rings. The summed E-state index contributed by atoms with van der Waals surface area (Å²) in [5.74, 6) is 0.625. The van der Waals surface area contributed by atoms with Gasteiger partial charge in [-0.1, -0.05) is 91.9 Å². The highest BCUT2D eigenvalue weighted by atomic mass is 14.1. The van der Waals surface area contributed by atoms with E-state index in [0.717, 1.165) is 6.42 Å². The average molecular weight is 300 g/mol. The van der Waals surface area contributed by atoms with Gasteiger partial charge in [-0.05, 0) is 47.4 Å². The van der Waals surface area contributed by atoms with Crippen LogP contribution in [0.2, 0.25) is 0 Å². The Labute approximate surface area is 139 Å². The Hall–Kier alpha value is -2.34. The summed E-state index contributed by atoms with van der Waals surface area (Å²) < 4.78 is 0. The summed E-state index contributed by atoms with van der Waals surface area (Å²) in [5.41, 5.74) is 5.60. The number of hydrogen-bond acceptors (Lipinski definition) is 0. The zero-order valence-corrected chi connectivity index (χ0v) is 13.8. The van der Waals surface area contributed by atoms with Gasteiger partial charge in [0.15, 0.2) is 0 Å². The summed E-state index contributed by atoms with van der Waals surface area (Å²) in [4.78, 5) is 0. The first-order valence-corrected chi connectivity index (χ1v) is 8.53. The van der Waals surface area contributed by atoms with Gasteiger partial charge in [0.05, 0.1) is 0 Å². The monoisotopic (exact) mass is 300 g/mol. The van der Waals surface area contributed by atoms with E-state index < -0.39 is 0 Å². The van der Waals surface area contributed by atoms with E-state index in [1.165, 1.54) is 35.1 Å². The fourth-order valence-electron chi connectivity index (χ4n) is 3.18. The Morgan fingerprint density at radius 3 is 2.04 bits per heavy atom. The molecule has 1 unspecified atom stereocenters. The first-order valence-electron chi connectivity index (χ1n) is 8.53. The van der Waals surface area contributed by atoms with E-state index in [-0.39, 0.29) is 0 Å². The first-order chi connectivity index (χ1) is 11.3. The summed E-state index contributed by atoms with van der Waals surface area (Å²) in [7, 11) is 0. The third-order valence-corrected chi connectivity index (χ3v) is 4.55. The third kappa shape index (κ3) is 4.10. The smallest absolute Gasteiger partial charge is 0.0152 e. The summed E-state index contributed by atoms with van der Waals surface area (Å²) in [5, 5.41) is 0. The maximum absolute atomic E-state index is 2.33. The lowest BCUT2D eigenvalue weighted by molar-refractivity contribution is 0.634. The molecular formula is C23H24. The van der Waals surface area contributed by atoms with Gasteiger partial charge in [0, 0.05) is 0 Å². The lowest BCUT2D eigenvalue weighted by Gasteiger charge is -2.13. The largest absolute Gasteiger partial charge is 0.0622 e. The van der Waals surface area contributed by atoms with E-state index in [9.17, 15) is 0 Å². The van der Waals surface area contributed by atoms with E-state index in [1.807, 2.05) is 0 Å². The molecule has 0 aromatic heterocycles. The zero-order valence-electron chi connectivity index (χ0n) is 13.8. The molecule has 0 amide bonds. The number of benzene rings is 3. The molecule has 0 saturated carbocycles. The van der Waals surface area contributed by atoms with Crippen molar-refractivity contribution in [1.29, 1.82) is 0 Å². The van der Waals surface area contributed by atoms with Gasteiger partial charge in [-0.2, -0.15) is 0 Å². The topological polar surface area (TPSA) is 0 Å². The highest BCUT2D eigenvalue weighted by Crippen LogP contribution is 2.26. The van der Waals surface area contributed by atoms with Gasteiger partial charge >= 0.3 is 0 Å². The molecule has 0 aliphatic heterocycles. The molecule has 3 rings (SSSR count). The predicted octanol–water partition coefficient (Wildman–Crippen LogP) is 6.48. The summed E-state index contributed by atoms with van der Waals surface area (Å²) in [6, 6.07) is 30.4. The van der Waals surface area contributed by atoms with E-state index in [1.54, 1.807) is 0 Å². The van der Waals surface area contributed by atoms with Crippen LogP contribution >= 0.6 is 0 Å². The minimum Gasteiger partial charge on any atom is -0.0622 e. The molecule has 0 spiro atoms. The van der Waals surface area contributed by atoms with Crippen LogP contribution in [0, 0.1) is 0 Å². The lowest BCUT2D eigenvalue weighted by Crippen LogP contribution is -1.96. The first kappa shape index (κ1) is 15.6. The van der Waals surface area contributed by atoms with Gasteiger partial charge in [-0.25, -0.2) is 0 Å². The molecule has 0 aliphatic rings. The third-order valence-electron chi connectivity index (χ3n) is 4.55. The minimum atomic E-state index is 0.625. The quantitative estimate of drug-likeness (QED) is 0.488. The maximum atomic E-state index is 2.33. The Morgan fingerprint density at radius 2 is 1.30 bits per heavy atom. The van der Waals surface area contributed by atoms with Crippen LogP contribution in [0.5, 0.6) is 0 Å². The van der Waals surface area contributed by atoms with Crippen LogP contribution in [-0.2, 0) is 6.42 Å². The number of rotatable bonds is 6. The fraction of sp³-hybridized carbons (Fsp3) is 0.217. The second kappa shape index (κ2) is 7.78. The van der Waals surface area contributed by atoms with Crippen molar-refractivity contribution < 1.29 is 0 Å². The van der Waals surface area contributed by atoms with Crippen LogP contribution in [0.4, 0.5) is 0 Å². The van der Waals surface area contributed by atoms with E-state index in [4.69, 9.17) is 0 Å². The minimum absolute atomic E-state index is 0.625. The van der Waals surface area contributed by atoms with Crippen molar-refractivity contribution in [3.05, 3.63) is 96.1 Å². The van der Waals surface area contributed by atoms with Gasteiger partial charge < -0.3 is 0 Å². The maximum Gasteiger partial charge on any atom is -0.0152 e. The van der Waals surface area contributed by atoms with Gasteiger partial charge in [-0.15, -0.1) is 0 Å². The SMILES string of the molecule is CC(CCCc1ccccc1-c1ccccc1)c1ccccc1. The predicted molar refractivity (Wildman–Crippen MR) is 99.7 cm³/mol. The summed E-state index contributed by atoms with van der Waals surface area (Å²) >= 11 is 0. The highest BCUT2D eigenvalue weighted by Gasteiger charge is 2.07. The normalized spacial score (nSPS) is 12.0. The van der Waals surface area contributed by atoms with Gasteiger partial charge in [0.2, 0.25) is 0 Å². The van der Waals surface area contributed by atoms with Crippen LogP contribution in [-0.4, -0.2) is 0 Å². The summed E-state index contributed by atoms with van der Waals surface area (Å²) in [6.07, 6.45) is 3.59. The van der Waals surface area contributed by atoms with E-state index >= 15 is 0 Å². The Kier molecular flexibility index (Phi) is 5.26. The van der Waals surface area contributed by atoms with Gasteiger partial charge in [-0.3, -0.25) is 0 Å². The Morgan fingerprint density at radius 1 is 0.696 bits per heavy atom. The fourth-order valence-corrected chi connectivity index (χ4v) is 3.18. The second-order valence-electron chi connectivity index (χ2n) is 6.23. The Bertz CT molecular complexity index is 713. The van der Waals surface area contributed by atoms with Crippen molar-refractivity contribution >= 4 is 0 Å². The van der Waals surface area contributed by atoms with Crippen LogP contribution < -0.4 is 0 Å². The van der Waals surface area contributed by atoms with Gasteiger partial charge in [0.1, 0.15) is 0 Å². The van der Waals surface area contributed by atoms with Crippen LogP contribution in [0.1, 0.15) is 36.8 Å². The van der Waals surface area contributed by atoms with Crippen molar-refractivity contribution in [2.24, 2.45) is 0 Å². The molecular weight excluding hydrogens is 276 g/mol. The molecule has 0 fully saturated rings. The molecule has 0 aliphatic carbocycles. The molecule has 1 atom stereocenters. The molecule has 0 heterocycles. The molecule has 0 N–H and O–H groups in total. The zero-order chi connectivity index (χ0) is 15.9. The molecule has 3 aromatic carbocycles. The molecule has 0 bridgehead atoms. The molecule has 23 heavy (non-hydrogen) atoms. The van der Waals surface area contributed by atoms with Crippen LogP contribution in [0.15, 0.2) is 84.9 Å². The van der Waals surface area contributed by atoms with Crippen molar-refractivity contribution in [2.45, 2.75) is 32.1 Å². The molecule has 0 nitrogen and oxygen atoms in total. The van der Waals surface area contributed by atoms with Crippen LogP contribution in [0.25, 0.3) is 11.1 Å². The van der Waals surface area contributed by atoms with Crippen molar-refractivity contribution in [2.75, 3.05) is 0 Å². The molecule has 0 radical (unpaired) electrons. The van der Waals surface area contributed by atoms with Crippen molar-refractivity contribution in [1.82, 2.24) is 0 Å². The van der Waals surface area contributed by atoms with E-state index in [0.29, 0.717) is 5.92 Å². The molecule has 116 valence electrons. The van der Waals surface area contributed by atoms with Crippen LogP contribution in [0.3, 0.4) is 0 Å². The molecule has 0 saturated heterocycles.